The van der Waals surface area contributed by atoms with Crippen molar-refractivity contribution < 1.29 is 9.13 Å². The highest BCUT2D eigenvalue weighted by atomic mass is 35.5. The fourth-order valence-corrected chi connectivity index (χ4v) is 4.05. The van der Waals surface area contributed by atoms with Gasteiger partial charge in [-0.15, -0.1) is 0 Å². The van der Waals surface area contributed by atoms with E-state index in [4.69, 9.17) is 16.3 Å². The van der Waals surface area contributed by atoms with E-state index in [2.05, 4.69) is 12.2 Å². The standard InChI is InChI=1S/C17H23ClFNO/c1-2-9-20-15-11-16(17(15)7-3-4-8-17)21-12-5-6-13(18)14(19)10-12/h5-6,10,15-16,20H,2-4,7-9,11H2,1H3. The summed E-state index contributed by atoms with van der Waals surface area (Å²) in [6, 6.07) is 5.29. The fourth-order valence-electron chi connectivity index (χ4n) is 3.94. The smallest absolute Gasteiger partial charge is 0.145 e. The van der Waals surface area contributed by atoms with Gasteiger partial charge in [0.25, 0.3) is 0 Å². The highest BCUT2D eigenvalue weighted by molar-refractivity contribution is 6.30. The summed E-state index contributed by atoms with van der Waals surface area (Å²) in [5, 5.41) is 3.81. The van der Waals surface area contributed by atoms with Crippen LogP contribution in [0.5, 0.6) is 5.75 Å². The van der Waals surface area contributed by atoms with Crippen molar-refractivity contribution in [1.82, 2.24) is 5.32 Å². The number of rotatable bonds is 5. The normalized spacial score (nSPS) is 26.8. The maximum atomic E-state index is 13.5. The van der Waals surface area contributed by atoms with E-state index in [9.17, 15) is 4.39 Å². The Balaban J connectivity index is 1.69. The van der Waals surface area contributed by atoms with Crippen LogP contribution in [0, 0.1) is 11.2 Å². The van der Waals surface area contributed by atoms with Gasteiger partial charge >= 0.3 is 0 Å². The van der Waals surface area contributed by atoms with Gasteiger partial charge in [-0.2, -0.15) is 0 Å². The van der Waals surface area contributed by atoms with E-state index in [1.807, 2.05) is 0 Å². The summed E-state index contributed by atoms with van der Waals surface area (Å²) in [6.07, 6.45) is 7.36. The molecule has 2 aliphatic carbocycles. The largest absolute Gasteiger partial charge is 0.490 e. The first kappa shape index (κ1) is 15.1. The first-order valence-electron chi connectivity index (χ1n) is 8.01. The predicted molar refractivity (Wildman–Crippen MR) is 83.4 cm³/mol. The number of benzene rings is 1. The molecule has 1 spiro atoms. The van der Waals surface area contributed by atoms with Crippen molar-refractivity contribution in [3.8, 4) is 5.75 Å². The third kappa shape index (κ3) is 2.78. The average Bonchev–Trinajstić information content (AvgIpc) is 2.98. The van der Waals surface area contributed by atoms with E-state index in [0.29, 0.717) is 11.8 Å². The minimum Gasteiger partial charge on any atom is -0.490 e. The monoisotopic (exact) mass is 311 g/mol. The molecular formula is C17H23ClFNO. The van der Waals surface area contributed by atoms with Gasteiger partial charge in [0.1, 0.15) is 17.7 Å². The Morgan fingerprint density at radius 2 is 2.14 bits per heavy atom. The van der Waals surface area contributed by atoms with E-state index in [1.165, 1.54) is 31.7 Å². The predicted octanol–water partition coefficient (Wildman–Crippen LogP) is 4.56. The molecule has 2 aliphatic rings. The lowest BCUT2D eigenvalue weighted by atomic mass is 9.60. The molecule has 116 valence electrons. The molecule has 0 bridgehead atoms. The summed E-state index contributed by atoms with van der Waals surface area (Å²) in [4.78, 5) is 0. The molecule has 1 aromatic carbocycles. The molecule has 0 aliphatic heterocycles. The third-order valence-corrected chi connectivity index (χ3v) is 5.44. The van der Waals surface area contributed by atoms with Crippen LogP contribution in [-0.4, -0.2) is 18.7 Å². The number of hydrogen-bond donors (Lipinski definition) is 1. The van der Waals surface area contributed by atoms with Crippen molar-refractivity contribution in [1.29, 1.82) is 0 Å². The second-order valence-corrected chi connectivity index (χ2v) is 6.77. The third-order valence-electron chi connectivity index (χ3n) is 5.13. The SMILES string of the molecule is CCCNC1CC(Oc2ccc(Cl)c(F)c2)C12CCCC2. The number of halogens is 2. The molecule has 4 heteroatoms. The quantitative estimate of drug-likeness (QED) is 0.860. The highest BCUT2D eigenvalue weighted by Gasteiger charge is 2.57. The Morgan fingerprint density at radius 3 is 2.81 bits per heavy atom. The van der Waals surface area contributed by atoms with Crippen LogP contribution in [0.25, 0.3) is 0 Å². The van der Waals surface area contributed by atoms with Crippen molar-refractivity contribution in [3.63, 3.8) is 0 Å². The first-order valence-corrected chi connectivity index (χ1v) is 8.38. The zero-order chi connectivity index (χ0) is 14.9. The molecule has 3 rings (SSSR count). The summed E-state index contributed by atoms with van der Waals surface area (Å²) >= 11 is 5.73. The summed E-state index contributed by atoms with van der Waals surface area (Å²) < 4.78 is 19.6. The Bertz CT molecular complexity index is 502. The van der Waals surface area contributed by atoms with Crippen molar-refractivity contribution >= 4 is 11.6 Å². The van der Waals surface area contributed by atoms with Crippen LogP contribution in [0.2, 0.25) is 5.02 Å². The molecule has 0 heterocycles. The number of ether oxygens (including phenoxy) is 1. The maximum Gasteiger partial charge on any atom is 0.145 e. The minimum absolute atomic E-state index is 0.147. The Morgan fingerprint density at radius 1 is 1.38 bits per heavy atom. The van der Waals surface area contributed by atoms with Crippen LogP contribution in [0.3, 0.4) is 0 Å². The molecule has 21 heavy (non-hydrogen) atoms. The van der Waals surface area contributed by atoms with Crippen LogP contribution in [0.15, 0.2) is 18.2 Å². The Kier molecular flexibility index (Phi) is 4.41. The van der Waals surface area contributed by atoms with Gasteiger partial charge in [0.15, 0.2) is 0 Å². The zero-order valence-electron chi connectivity index (χ0n) is 12.5. The Labute approximate surface area is 131 Å². The first-order chi connectivity index (χ1) is 10.2. The summed E-state index contributed by atoms with van der Waals surface area (Å²) in [6.45, 7) is 3.26. The summed E-state index contributed by atoms with van der Waals surface area (Å²) in [5.41, 5.74) is 0.255. The number of hydrogen-bond acceptors (Lipinski definition) is 2. The fraction of sp³-hybridized carbons (Fsp3) is 0.647. The molecule has 2 saturated carbocycles. The molecule has 2 unspecified atom stereocenters. The van der Waals surface area contributed by atoms with E-state index in [0.717, 1.165) is 19.4 Å². The lowest BCUT2D eigenvalue weighted by molar-refractivity contribution is -0.0760. The van der Waals surface area contributed by atoms with Gasteiger partial charge in [0.05, 0.1) is 5.02 Å². The van der Waals surface area contributed by atoms with Crippen LogP contribution in [0.4, 0.5) is 4.39 Å². The van der Waals surface area contributed by atoms with E-state index >= 15 is 0 Å². The van der Waals surface area contributed by atoms with Crippen molar-refractivity contribution in [2.75, 3.05) is 6.54 Å². The molecule has 2 atom stereocenters. The van der Waals surface area contributed by atoms with Gasteiger partial charge in [0.2, 0.25) is 0 Å². The van der Waals surface area contributed by atoms with Gasteiger partial charge in [-0.3, -0.25) is 0 Å². The van der Waals surface area contributed by atoms with Crippen LogP contribution in [-0.2, 0) is 0 Å². The van der Waals surface area contributed by atoms with Gasteiger partial charge in [-0.25, -0.2) is 4.39 Å². The molecule has 2 fully saturated rings. The molecule has 0 aromatic heterocycles. The second kappa shape index (κ2) is 6.13. The van der Waals surface area contributed by atoms with Gasteiger partial charge in [-0.05, 0) is 37.9 Å². The van der Waals surface area contributed by atoms with Crippen molar-refractivity contribution in [3.05, 3.63) is 29.0 Å². The van der Waals surface area contributed by atoms with E-state index < -0.39 is 5.82 Å². The van der Waals surface area contributed by atoms with Crippen molar-refractivity contribution in [2.45, 2.75) is 57.6 Å². The molecule has 1 N–H and O–H groups in total. The molecule has 0 saturated heterocycles. The minimum atomic E-state index is -0.408. The molecule has 1 aromatic rings. The molecule has 0 radical (unpaired) electrons. The van der Waals surface area contributed by atoms with Gasteiger partial charge < -0.3 is 10.1 Å². The molecular weight excluding hydrogens is 289 g/mol. The van der Waals surface area contributed by atoms with Gasteiger partial charge in [0, 0.05) is 23.9 Å². The highest BCUT2D eigenvalue weighted by Crippen LogP contribution is 2.54. The Hall–Kier alpha value is -0.800. The maximum absolute atomic E-state index is 13.5. The molecule has 2 nitrogen and oxygen atoms in total. The average molecular weight is 312 g/mol. The lowest BCUT2D eigenvalue weighted by Crippen LogP contribution is -2.63. The zero-order valence-corrected chi connectivity index (χ0v) is 13.3. The summed E-state index contributed by atoms with van der Waals surface area (Å²) in [5.74, 6) is 0.191. The van der Waals surface area contributed by atoms with Crippen LogP contribution < -0.4 is 10.1 Å². The summed E-state index contributed by atoms with van der Waals surface area (Å²) in [7, 11) is 0. The van der Waals surface area contributed by atoms with E-state index in [1.54, 1.807) is 12.1 Å². The van der Waals surface area contributed by atoms with Crippen LogP contribution in [0.1, 0.15) is 45.4 Å². The topological polar surface area (TPSA) is 21.3 Å². The number of nitrogens with one attached hydrogen (secondary N) is 1. The second-order valence-electron chi connectivity index (χ2n) is 6.37. The van der Waals surface area contributed by atoms with Gasteiger partial charge in [-0.1, -0.05) is 31.4 Å². The van der Waals surface area contributed by atoms with Crippen LogP contribution >= 0.6 is 11.6 Å². The molecule has 0 amide bonds. The van der Waals surface area contributed by atoms with Crippen molar-refractivity contribution in [2.24, 2.45) is 5.41 Å². The lowest BCUT2D eigenvalue weighted by Gasteiger charge is -2.54. The van der Waals surface area contributed by atoms with E-state index in [-0.39, 0.29) is 16.5 Å².